The van der Waals surface area contributed by atoms with Crippen LogP contribution >= 0.6 is 0 Å². The van der Waals surface area contributed by atoms with E-state index < -0.39 is 54.0 Å². The third-order valence-corrected chi connectivity index (χ3v) is 5.14. The van der Waals surface area contributed by atoms with Gasteiger partial charge in [-0.25, -0.2) is 9.78 Å². The minimum Gasteiger partial charge on any atom is -0.508 e. The van der Waals surface area contributed by atoms with Crippen LogP contribution in [0.15, 0.2) is 36.8 Å². The number of aromatic amines is 1. The van der Waals surface area contributed by atoms with Crippen molar-refractivity contribution in [1.82, 2.24) is 25.9 Å². The molecule has 0 radical (unpaired) electrons. The first-order valence-electron chi connectivity index (χ1n) is 10.8. The molecule has 35 heavy (non-hydrogen) atoms. The van der Waals surface area contributed by atoms with E-state index in [0.29, 0.717) is 11.3 Å². The lowest BCUT2D eigenvalue weighted by Crippen LogP contribution is -2.59. The first kappa shape index (κ1) is 27.3. The summed E-state index contributed by atoms with van der Waals surface area (Å²) < 4.78 is 0. The van der Waals surface area contributed by atoms with Gasteiger partial charge in [0, 0.05) is 18.3 Å². The topological polar surface area (TPSA) is 220 Å². The van der Waals surface area contributed by atoms with Gasteiger partial charge < -0.3 is 42.0 Å². The Labute approximate surface area is 201 Å². The first-order chi connectivity index (χ1) is 16.5. The molecule has 0 aliphatic heterocycles. The Kier molecular flexibility index (Phi) is 9.73. The molecule has 1 aromatic carbocycles. The number of nitrogens with two attached hydrogens (primary N) is 1. The second-order valence-electron chi connectivity index (χ2n) is 8.11. The van der Waals surface area contributed by atoms with E-state index in [9.17, 15) is 34.5 Å². The second-order valence-corrected chi connectivity index (χ2v) is 8.11. The number of aromatic nitrogens is 2. The van der Waals surface area contributed by atoms with Gasteiger partial charge in [-0.15, -0.1) is 0 Å². The Morgan fingerprint density at radius 2 is 1.66 bits per heavy atom. The number of carboxylic acid groups (broad SMARTS) is 1. The number of phenols is 1. The van der Waals surface area contributed by atoms with Gasteiger partial charge in [-0.1, -0.05) is 12.1 Å². The van der Waals surface area contributed by atoms with Crippen molar-refractivity contribution < 1.29 is 34.5 Å². The summed E-state index contributed by atoms with van der Waals surface area (Å²) in [5.74, 6) is -3.56. The van der Waals surface area contributed by atoms with E-state index in [0.717, 1.165) is 0 Å². The van der Waals surface area contributed by atoms with Crippen molar-refractivity contribution in [3.63, 3.8) is 0 Å². The van der Waals surface area contributed by atoms with Crippen LogP contribution in [0.2, 0.25) is 0 Å². The summed E-state index contributed by atoms with van der Waals surface area (Å²) in [4.78, 5) is 55.7. The van der Waals surface area contributed by atoms with Crippen molar-refractivity contribution in [3.05, 3.63) is 48.0 Å². The predicted molar refractivity (Wildman–Crippen MR) is 123 cm³/mol. The van der Waals surface area contributed by atoms with Crippen LogP contribution in [0.4, 0.5) is 0 Å². The largest absolute Gasteiger partial charge is 0.508 e. The number of phenolic OH excluding ortho intramolecular Hbond substituents is 1. The van der Waals surface area contributed by atoms with Crippen LogP contribution in [0.5, 0.6) is 5.75 Å². The Morgan fingerprint density at radius 1 is 1.00 bits per heavy atom. The molecule has 1 aromatic heterocycles. The molecule has 0 aliphatic rings. The van der Waals surface area contributed by atoms with Crippen molar-refractivity contribution in [3.8, 4) is 5.75 Å². The van der Waals surface area contributed by atoms with E-state index in [1.807, 2.05) is 0 Å². The van der Waals surface area contributed by atoms with E-state index in [-0.39, 0.29) is 18.6 Å². The number of carbonyl (C=O) groups is 4. The smallest absolute Gasteiger partial charge is 0.326 e. The molecule has 0 spiro atoms. The number of benzene rings is 1. The maximum Gasteiger partial charge on any atom is 0.326 e. The number of H-pyrrole nitrogens is 1. The van der Waals surface area contributed by atoms with Crippen molar-refractivity contribution in [2.45, 2.75) is 57.0 Å². The maximum atomic E-state index is 12.6. The minimum absolute atomic E-state index is 0.0738. The Bertz CT molecular complexity index is 1010. The fourth-order valence-corrected chi connectivity index (χ4v) is 3.13. The second kappa shape index (κ2) is 12.5. The molecule has 0 aliphatic carbocycles. The van der Waals surface area contributed by atoms with E-state index in [4.69, 9.17) is 5.73 Å². The van der Waals surface area contributed by atoms with Crippen molar-refractivity contribution >= 4 is 23.7 Å². The monoisotopic (exact) mass is 490 g/mol. The summed E-state index contributed by atoms with van der Waals surface area (Å²) in [6, 6.07) is 1.24. The highest BCUT2D eigenvalue weighted by Crippen LogP contribution is 2.11. The third-order valence-electron chi connectivity index (χ3n) is 5.14. The van der Waals surface area contributed by atoms with Gasteiger partial charge >= 0.3 is 5.97 Å². The van der Waals surface area contributed by atoms with Crippen molar-refractivity contribution in [2.75, 3.05) is 0 Å². The maximum absolute atomic E-state index is 12.6. The quantitative estimate of drug-likeness (QED) is 0.167. The zero-order chi connectivity index (χ0) is 26.1. The highest BCUT2D eigenvalue weighted by Gasteiger charge is 2.31. The third kappa shape index (κ3) is 8.39. The minimum atomic E-state index is -1.48. The zero-order valence-corrected chi connectivity index (χ0v) is 19.3. The number of hydrogen-bond acceptors (Lipinski definition) is 8. The zero-order valence-electron chi connectivity index (χ0n) is 19.3. The number of nitrogens with zero attached hydrogens (tertiary/aromatic N) is 1. The molecule has 0 fully saturated rings. The van der Waals surface area contributed by atoms with Gasteiger partial charge in [-0.2, -0.15) is 0 Å². The van der Waals surface area contributed by atoms with Gasteiger partial charge in [0.05, 0.1) is 18.5 Å². The molecule has 190 valence electrons. The fraction of sp³-hybridized carbons (Fsp3) is 0.409. The van der Waals surface area contributed by atoms with Gasteiger partial charge in [-0.3, -0.25) is 14.4 Å². The number of rotatable bonds is 12. The molecule has 13 nitrogen and oxygen atoms in total. The predicted octanol–water partition coefficient (Wildman–Crippen LogP) is -1.83. The van der Waals surface area contributed by atoms with Gasteiger partial charge in [0.15, 0.2) is 0 Å². The van der Waals surface area contributed by atoms with Gasteiger partial charge in [0.1, 0.15) is 23.9 Å². The van der Waals surface area contributed by atoms with Crippen molar-refractivity contribution in [2.24, 2.45) is 5.73 Å². The number of aliphatic hydroxyl groups is 1. The molecule has 2 rings (SSSR count). The molecular weight excluding hydrogens is 460 g/mol. The summed E-state index contributed by atoms with van der Waals surface area (Å²) in [6.45, 7) is 2.63. The SMILES string of the molecule is CC(NC(=O)C(N)Cc1ccc(O)cc1)C(=O)NC(C(=O)NC(Cc1cnc[nH]1)C(=O)O)C(C)O. The summed E-state index contributed by atoms with van der Waals surface area (Å²) >= 11 is 0. The molecule has 0 saturated carbocycles. The van der Waals surface area contributed by atoms with E-state index in [1.165, 1.54) is 38.5 Å². The van der Waals surface area contributed by atoms with Crippen LogP contribution < -0.4 is 21.7 Å². The molecule has 1 heterocycles. The fourth-order valence-electron chi connectivity index (χ4n) is 3.13. The number of carbonyl (C=O) groups excluding carboxylic acids is 3. The average molecular weight is 491 g/mol. The lowest BCUT2D eigenvalue weighted by Gasteiger charge is -2.25. The first-order valence-corrected chi connectivity index (χ1v) is 10.8. The molecule has 3 amide bonds. The molecule has 13 heteroatoms. The van der Waals surface area contributed by atoms with Crippen LogP contribution in [-0.4, -0.2) is 79.2 Å². The Hall–Kier alpha value is -3.97. The van der Waals surface area contributed by atoms with Crippen LogP contribution in [-0.2, 0) is 32.0 Å². The highest BCUT2D eigenvalue weighted by molar-refractivity contribution is 5.94. The number of amides is 3. The van der Waals surface area contributed by atoms with Crippen LogP contribution in [0.25, 0.3) is 0 Å². The highest BCUT2D eigenvalue weighted by atomic mass is 16.4. The Balaban J connectivity index is 1.94. The molecular formula is C22H30N6O7. The van der Waals surface area contributed by atoms with Crippen LogP contribution in [0, 0.1) is 0 Å². The summed E-state index contributed by atoms with van der Waals surface area (Å²) in [5.41, 5.74) is 7.07. The standard InChI is InChI=1S/C22H30N6O7/c1-11(26-20(32)16(23)7-13-3-5-15(30)6-4-13)19(31)28-18(12(2)29)21(33)27-17(22(34)35)8-14-9-24-10-25-14/h3-6,9-12,16-18,29-30H,7-8,23H2,1-2H3,(H,24,25)(H,26,32)(H,27,33)(H,28,31)(H,34,35). The van der Waals surface area contributed by atoms with E-state index in [2.05, 4.69) is 25.9 Å². The van der Waals surface area contributed by atoms with E-state index in [1.54, 1.807) is 12.1 Å². The molecule has 0 saturated heterocycles. The molecule has 0 bridgehead atoms. The Morgan fingerprint density at radius 3 is 2.20 bits per heavy atom. The van der Waals surface area contributed by atoms with Crippen LogP contribution in [0.1, 0.15) is 25.1 Å². The van der Waals surface area contributed by atoms with Gasteiger partial charge in [0.2, 0.25) is 17.7 Å². The summed E-state index contributed by atoms with van der Waals surface area (Å²) in [7, 11) is 0. The number of aliphatic hydroxyl groups excluding tert-OH is 1. The molecule has 5 unspecified atom stereocenters. The number of hydrogen-bond donors (Lipinski definition) is 8. The lowest BCUT2D eigenvalue weighted by atomic mass is 10.1. The number of carboxylic acids is 1. The molecule has 2 aromatic rings. The summed E-state index contributed by atoms with van der Waals surface area (Å²) in [5, 5.41) is 35.8. The molecule has 5 atom stereocenters. The average Bonchev–Trinajstić information content (AvgIpc) is 3.31. The number of nitrogens with one attached hydrogen (secondary N) is 4. The van der Waals surface area contributed by atoms with Crippen molar-refractivity contribution in [1.29, 1.82) is 0 Å². The molecule has 9 N–H and O–H groups in total. The van der Waals surface area contributed by atoms with Crippen LogP contribution in [0.3, 0.4) is 0 Å². The summed E-state index contributed by atoms with van der Waals surface area (Å²) in [6.07, 6.45) is 1.48. The number of aromatic hydroxyl groups is 1. The van der Waals surface area contributed by atoms with E-state index >= 15 is 0 Å². The number of imidazole rings is 1. The van der Waals surface area contributed by atoms with Gasteiger partial charge in [0.25, 0.3) is 0 Å². The normalized spacial score (nSPS) is 15.2. The lowest BCUT2D eigenvalue weighted by molar-refractivity contribution is -0.143. The van der Waals surface area contributed by atoms with Gasteiger partial charge in [-0.05, 0) is 38.0 Å². The number of aliphatic carboxylic acids is 1.